The van der Waals surface area contributed by atoms with E-state index in [1.54, 1.807) is 24.3 Å². The van der Waals surface area contributed by atoms with Gasteiger partial charge in [0.1, 0.15) is 5.82 Å². The molecular formula is C13H9ClF3N3. The quantitative estimate of drug-likeness (QED) is 0.461. The van der Waals surface area contributed by atoms with Gasteiger partial charge >= 0.3 is 11.7 Å². The highest BCUT2D eigenvalue weighted by Crippen LogP contribution is 2.31. The molecule has 0 fully saturated rings. The lowest BCUT2D eigenvalue weighted by molar-refractivity contribution is -0.140. The van der Waals surface area contributed by atoms with Crippen LogP contribution in [0.5, 0.6) is 0 Å². The summed E-state index contributed by atoms with van der Waals surface area (Å²) in [5, 5.41) is 0. The fourth-order valence-corrected chi connectivity index (χ4v) is 1.88. The molecule has 0 bridgehead atoms. The minimum Gasteiger partial charge on any atom is -0.333 e. The van der Waals surface area contributed by atoms with E-state index < -0.39 is 17.4 Å². The number of benzene rings is 1. The van der Waals surface area contributed by atoms with Crippen LogP contribution in [0.25, 0.3) is 16.2 Å². The van der Waals surface area contributed by atoms with E-state index in [-0.39, 0.29) is 5.82 Å². The molecule has 1 aromatic heterocycles. The summed E-state index contributed by atoms with van der Waals surface area (Å²) in [6.07, 6.45) is -3.53. The van der Waals surface area contributed by atoms with Crippen LogP contribution in [0.2, 0.25) is 0 Å². The SMILES string of the molecule is [C-]#[N+]C(Cl)c1ccc(-c2nc(C(F)(F)F)cn2C)cc1. The lowest BCUT2D eigenvalue weighted by Crippen LogP contribution is -2.04. The van der Waals surface area contributed by atoms with Crippen molar-refractivity contribution in [3.05, 3.63) is 53.1 Å². The largest absolute Gasteiger partial charge is 0.434 e. The first-order valence-corrected chi connectivity index (χ1v) is 5.98. The first-order chi connectivity index (χ1) is 9.32. The second-order valence-electron chi connectivity index (χ2n) is 4.15. The van der Waals surface area contributed by atoms with Crippen molar-refractivity contribution in [2.75, 3.05) is 0 Å². The fourth-order valence-electron chi connectivity index (χ4n) is 1.74. The summed E-state index contributed by atoms with van der Waals surface area (Å²) >= 11 is 5.76. The van der Waals surface area contributed by atoms with Gasteiger partial charge in [0.05, 0.1) is 5.56 Å². The molecule has 0 saturated heterocycles. The van der Waals surface area contributed by atoms with Crippen LogP contribution in [0.15, 0.2) is 30.5 Å². The van der Waals surface area contributed by atoms with E-state index in [2.05, 4.69) is 9.83 Å². The van der Waals surface area contributed by atoms with Crippen molar-refractivity contribution in [3.8, 4) is 11.4 Å². The van der Waals surface area contributed by atoms with Crippen LogP contribution in [0, 0.1) is 6.57 Å². The lowest BCUT2D eigenvalue weighted by atomic mass is 10.1. The number of halogens is 4. The van der Waals surface area contributed by atoms with Gasteiger partial charge in [-0.05, 0) is 23.7 Å². The third-order valence-corrected chi connectivity index (χ3v) is 3.07. The third-order valence-electron chi connectivity index (χ3n) is 2.72. The molecule has 0 amide bonds. The highest BCUT2D eigenvalue weighted by molar-refractivity contribution is 6.21. The topological polar surface area (TPSA) is 22.2 Å². The zero-order valence-electron chi connectivity index (χ0n) is 10.3. The van der Waals surface area contributed by atoms with Crippen LogP contribution in [-0.2, 0) is 13.2 Å². The van der Waals surface area contributed by atoms with E-state index in [1.807, 2.05) is 0 Å². The summed E-state index contributed by atoms with van der Waals surface area (Å²) in [7, 11) is 1.50. The van der Waals surface area contributed by atoms with Gasteiger partial charge in [0, 0.05) is 18.8 Å². The van der Waals surface area contributed by atoms with Crippen molar-refractivity contribution in [2.24, 2.45) is 7.05 Å². The first kappa shape index (κ1) is 14.4. The van der Waals surface area contributed by atoms with E-state index in [9.17, 15) is 13.2 Å². The maximum atomic E-state index is 12.6. The van der Waals surface area contributed by atoms with Crippen molar-refractivity contribution in [1.82, 2.24) is 9.55 Å². The molecule has 3 nitrogen and oxygen atoms in total. The average Bonchev–Trinajstić information content (AvgIpc) is 2.80. The van der Waals surface area contributed by atoms with E-state index in [4.69, 9.17) is 18.2 Å². The number of hydrogen-bond acceptors (Lipinski definition) is 1. The molecule has 0 aliphatic heterocycles. The Kier molecular flexibility index (Phi) is 3.73. The minimum atomic E-state index is -4.47. The van der Waals surface area contributed by atoms with Gasteiger partial charge in [-0.2, -0.15) is 13.2 Å². The molecule has 2 rings (SSSR count). The Hall–Kier alpha value is -2.00. The average molecular weight is 300 g/mol. The molecule has 1 atom stereocenters. The molecule has 0 spiro atoms. The van der Waals surface area contributed by atoms with Gasteiger partial charge in [-0.3, -0.25) is 4.85 Å². The van der Waals surface area contributed by atoms with Gasteiger partial charge in [0.25, 0.3) is 0 Å². The Morgan fingerprint density at radius 1 is 1.30 bits per heavy atom. The fraction of sp³-hybridized carbons (Fsp3) is 0.231. The van der Waals surface area contributed by atoms with E-state index in [0.29, 0.717) is 11.1 Å². The number of imidazole rings is 1. The molecule has 2 aromatic rings. The number of hydrogen-bond donors (Lipinski definition) is 0. The van der Waals surface area contributed by atoms with Crippen LogP contribution in [0.1, 0.15) is 16.8 Å². The van der Waals surface area contributed by atoms with Crippen molar-refractivity contribution in [1.29, 1.82) is 0 Å². The van der Waals surface area contributed by atoms with Gasteiger partial charge in [-0.1, -0.05) is 12.1 Å². The van der Waals surface area contributed by atoms with Crippen molar-refractivity contribution < 1.29 is 13.2 Å². The Morgan fingerprint density at radius 2 is 1.90 bits per heavy atom. The predicted molar refractivity (Wildman–Crippen MR) is 68.8 cm³/mol. The van der Waals surface area contributed by atoms with Gasteiger partial charge in [0.2, 0.25) is 0 Å². The zero-order valence-corrected chi connectivity index (χ0v) is 11.1. The predicted octanol–water partition coefficient (Wildman–Crippen LogP) is 4.26. The van der Waals surface area contributed by atoms with Gasteiger partial charge in [-0.15, -0.1) is 0 Å². The van der Waals surface area contributed by atoms with Crippen LogP contribution < -0.4 is 0 Å². The van der Waals surface area contributed by atoms with E-state index in [1.165, 1.54) is 11.6 Å². The van der Waals surface area contributed by atoms with Crippen molar-refractivity contribution >= 4 is 11.6 Å². The molecule has 104 valence electrons. The summed E-state index contributed by atoms with van der Waals surface area (Å²) < 4.78 is 39.1. The number of rotatable bonds is 2. The monoisotopic (exact) mass is 299 g/mol. The summed E-state index contributed by atoms with van der Waals surface area (Å²) in [6, 6.07) is 6.40. The molecule has 1 heterocycles. The molecular weight excluding hydrogens is 291 g/mol. The van der Waals surface area contributed by atoms with Crippen LogP contribution >= 0.6 is 11.6 Å². The molecule has 0 radical (unpaired) electrons. The molecule has 0 aliphatic rings. The number of aryl methyl sites for hydroxylation is 1. The first-order valence-electron chi connectivity index (χ1n) is 5.54. The maximum Gasteiger partial charge on any atom is 0.434 e. The second kappa shape index (κ2) is 5.17. The Balaban J connectivity index is 2.38. The Bertz CT molecular complexity index is 653. The third kappa shape index (κ3) is 2.78. The van der Waals surface area contributed by atoms with E-state index in [0.717, 1.165) is 6.20 Å². The molecule has 1 unspecified atom stereocenters. The zero-order chi connectivity index (χ0) is 14.9. The normalized spacial score (nSPS) is 13.0. The Morgan fingerprint density at radius 3 is 2.35 bits per heavy atom. The molecule has 20 heavy (non-hydrogen) atoms. The number of alkyl halides is 4. The summed E-state index contributed by atoms with van der Waals surface area (Å²) in [6.45, 7) is 6.82. The van der Waals surface area contributed by atoms with Crippen LogP contribution in [-0.4, -0.2) is 9.55 Å². The molecule has 0 N–H and O–H groups in total. The molecule has 0 aliphatic carbocycles. The highest BCUT2D eigenvalue weighted by Gasteiger charge is 2.34. The van der Waals surface area contributed by atoms with Crippen molar-refractivity contribution in [2.45, 2.75) is 11.7 Å². The van der Waals surface area contributed by atoms with Crippen molar-refractivity contribution in [3.63, 3.8) is 0 Å². The highest BCUT2D eigenvalue weighted by atomic mass is 35.5. The second-order valence-corrected chi connectivity index (χ2v) is 4.56. The minimum absolute atomic E-state index is 0.206. The lowest BCUT2D eigenvalue weighted by Gasteiger charge is -2.03. The molecule has 1 aromatic carbocycles. The summed E-state index contributed by atoms with van der Waals surface area (Å²) in [5.41, 5.74) is -0.608. The summed E-state index contributed by atoms with van der Waals surface area (Å²) in [4.78, 5) is 6.75. The van der Waals surface area contributed by atoms with Gasteiger partial charge in [0.15, 0.2) is 5.69 Å². The van der Waals surface area contributed by atoms with Crippen LogP contribution in [0.3, 0.4) is 0 Å². The Labute approximate surface area is 118 Å². The number of aromatic nitrogens is 2. The summed E-state index contributed by atoms with van der Waals surface area (Å²) in [5.74, 6) is 0.206. The van der Waals surface area contributed by atoms with E-state index >= 15 is 0 Å². The van der Waals surface area contributed by atoms with Gasteiger partial charge < -0.3 is 4.57 Å². The number of nitrogens with zero attached hydrogens (tertiary/aromatic N) is 3. The maximum absolute atomic E-state index is 12.6. The van der Waals surface area contributed by atoms with Gasteiger partial charge in [-0.25, -0.2) is 11.6 Å². The molecule has 7 heteroatoms. The smallest absolute Gasteiger partial charge is 0.333 e. The standard InChI is InChI=1S/C13H9ClF3N3/c1-18-11(14)8-3-5-9(6-4-8)12-19-10(7-20(12)2)13(15,16)17/h3-7,11H,2H3. The van der Waals surface area contributed by atoms with Crippen LogP contribution in [0.4, 0.5) is 13.2 Å². The molecule has 0 saturated carbocycles.